The van der Waals surface area contributed by atoms with Crippen molar-refractivity contribution in [2.75, 3.05) is 7.05 Å². The minimum absolute atomic E-state index is 0.447. The number of imidazole rings is 1. The molecule has 1 unspecified atom stereocenters. The first kappa shape index (κ1) is 18.7. The number of nitrogens with one attached hydrogen (secondary N) is 2. The number of pyridine rings is 1. The topological polar surface area (TPSA) is 50.6 Å². The number of hydroxylamine groups is 1. The molecule has 0 amide bonds. The van der Waals surface area contributed by atoms with Crippen LogP contribution in [0, 0.1) is 0 Å². The Kier molecular flexibility index (Phi) is 5.41. The minimum Gasteiger partial charge on any atom is -0.382 e. The second-order valence-electron chi connectivity index (χ2n) is 6.98. The number of hydrogen-bond donors (Lipinski definition) is 2. The van der Waals surface area contributed by atoms with Gasteiger partial charge in [0.2, 0.25) is 0 Å². The van der Waals surface area contributed by atoms with Gasteiger partial charge in [0.05, 0.1) is 22.7 Å². The number of allylic oxidation sites excluding steroid dienone is 1. The standard InChI is InChI=1S/C22H24N4OS/c1-23-21(28)22(18-10-11-20-24-13-14-26(20)15-18)12-6-5-9-19(22)25-27-16-17-7-3-2-4-8-17/h2-4,7-11,13-15,25H,5-6,12,16H2,1H3,(H,23,28). The van der Waals surface area contributed by atoms with Crippen LogP contribution in [0.1, 0.15) is 30.4 Å². The minimum atomic E-state index is -0.447. The monoisotopic (exact) mass is 392 g/mol. The highest BCUT2D eigenvalue weighted by atomic mass is 32.1. The van der Waals surface area contributed by atoms with Gasteiger partial charge in [-0.05, 0) is 36.5 Å². The van der Waals surface area contributed by atoms with Gasteiger partial charge in [-0.3, -0.25) is 10.3 Å². The first-order chi connectivity index (χ1) is 13.7. The Morgan fingerprint density at radius 1 is 1.25 bits per heavy atom. The van der Waals surface area contributed by atoms with Crippen LogP contribution in [0.5, 0.6) is 0 Å². The summed E-state index contributed by atoms with van der Waals surface area (Å²) in [5, 5.41) is 3.22. The number of hydrogen-bond acceptors (Lipinski definition) is 4. The van der Waals surface area contributed by atoms with Crippen molar-refractivity contribution in [2.45, 2.75) is 31.3 Å². The summed E-state index contributed by atoms with van der Waals surface area (Å²) in [5.41, 5.74) is 6.94. The first-order valence-corrected chi connectivity index (χ1v) is 9.92. The molecular weight excluding hydrogens is 368 g/mol. The number of aromatic nitrogens is 2. The Morgan fingerprint density at radius 2 is 2.11 bits per heavy atom. The van der Waals surface area contributed by atoms with E-state index < -0.39 is 5.41 Å². The molecule has 1 aliphatic carbocycles. The van der Waals surface area contributed by atoms with Crippen molar-refractivity contribution in [1.82, 2.24) is 20.2 Å². The Balaban J connectivity index is 1.66. The zero-order chi connectivity index (χ0) is 19.4. The number of rotatable bonds is 6. The zero-order valence-electron chi connectivity index (χ0n) is 15.9. The highest BCUT2D eigenvalue weighted by Crippen LogP contribution is 2.40. The maximum atomic E-state index is 5.88. The predicted molar refractivity (Wildman–Crippen MR) is 115 cm³/mol. The maximum absolute atomic E-state index is 5.88. The molecule has 0 saturated carbocycles. The SMILES string of the molecule is CNC(=S)C1(c2ccc3nccn3c2)CCCC=C1NOCc1ccccc1. The number of fused-ring (bicyclic) bond motifs is 1. The average molecular weight is 393 g/mol. The molecule has 0 saturated heterocycles. The van der Waals surface area contributed by atoms with E-state index in [2.05, 4.69) is 46.3 Å². The van der Waals surface area contributed by atoms with Gasteiger partial charge in [-0.15, -0.1) is 0 Å². The van der Waals surface area contributed by atoms with Gasteiger partial charge in [0.1, 0.15) is 5.65 Å². The molecule has 0 aliphatic heterocycles. The van der Waals surface area contributed by atoms with Crippen LogP contribution >= 0.6 is 12.2 Å². The van der Waals surface area contributed by atoms with Crippen LogP contribution in [0.3, 0.4) is 0 Å². The van der Waals surface area contributed by atoms with Gasteiger partial charge in [0.15, 0.2) is 0 Å². The molecule has 0 radical (unpaired) electrons. The zero-order valence-corrected chi connectivity index (χ0v) is 16.7. The number of thiocarbonyl (C=S) groups is 1. The van der Waals surface area contributed by atoms with Crippen molar-refractivity contribution in [3.8, 4) is 0 Å². The lowest BCUT2D eigenvalue weighted by Gasteiger charge is -2.39. The van der Waals surface area contributed by atoms with Crippen molar-refractivity contribution >= 4 is 22.9 Å². The fraction of sp³-hybridized carbons (Fsp3) is 0.273. The van der Waals surface area contributed by atoms with Crippen LogP contribution in [0.15, 0.2) is 72.8 Å². The van der Waals surface area contributed by atoms with Crippen LogP contribution in [0.25, 0.3) is 5.65 Å². The Morgan fingerprint density at radius 3 is 2.93 bits per heavy atom. The summed E-state index contributed by atoms with van der Waals surface area (Å²) in [4.78, 5) is 11.0. The summed E-state index contributed by atoms with van der Waals surface area (Å²) in [5.74, 6) is 0. The molecule has 2 aromatic heterocycles. The molecular formula is C22H24N4OS. The molecule has 0 bridgehead atoms. The molecule has 5 nitrogen and oxygen atoms in total. The van der Waals surface area contributed by atoms with E-state index in [4.69, 9.17) is 17.1 Å². The quantitative estimate of drug-likeness (QED) is 0.492. The third kappa shape index (κ3) is 3.41. The second-order valence-corrected chi connectivity index (χ2v) is 7.39. The first-order valence-electron chi connectivity index (χ1n) is 9.52. The molecule has 3 aromatic rings. The molecule has 1 aliphatic rings. The smallest absolute Gasteiger partial charge is 0.136 e. The van der Waals surface area contributed by atoms with E-state index in [1.54, 1.807) is 6.20 Å². The fourth-order valence-corrected chi connectivity index (χ4v) is 4.21. The molecule has 0 spiro atoms. The Labute approximate surface area is 170 Å². The van der Waals surface area contributed by atoms with Crippen LogP contribution in [-0.4, -0.2) is 21.4 Å². The molecule has 6 heteroatoms. The Hall–Kier alpha value is -2.70. The van der Waals surface area contributed by atoms with Gasteiger partial charge < -0.3 is 9.72 Å². The van der Waals surface area contributed by atoms with E-state index in [1.807, 2.05) is 41.9 Å². The summed E-state index contributed by atoms with van der Waals surface area (Å²) in [6.07, 6.45) is 11.1. The van der Waals surface area contributed by atoms with Gasteiger partial charge in [-0.2, -0.15) is 0 Å². The number of nitrogens with zero attached hydrogens (tertiary/aromatic N) is 2. The van der Waals surface area contributed by atoms with E-state index in [1.165, 1.54) is 0 Å². The number of benzene rings is 1. The maximum Gasteiger partial charge on any atom is 0.136 e. The van der Waals surface area contributed by atoms with Crippen molar-refractivity contribution in [1.29, 1.82) is 0 Å². The fourth-order valence-electron chi connectivity index (χ4n) is 3.88. The lowest BCUT2D eigenvalue weighted by molar-refractivity contribution is 0.0409. The van der Waals surface area contributed by atoms with E-state index in [0.717, 1.165) is 46.7 Å². The largest absolute Gasteiger partial charge is 0.382 e. The summed E-state index contributed by atoms with van der Waals surface area (Å²) in [6.45, 7) is 0.487. The highest BCUT2D eigenvalue weighted by Gasteiger charge is 2.42. The molecule has 4 rings (SSSR count). The molecule has 28 heavy (non-hydrogen) atoms. The summed E-state index contributed by atoms with van der Waals surface area (Å²) < 4.78 is 2.03. The van der Waals surface area contributed by atoms with E-state index in [0.29, 0.717) is 6.61 Å². The van der Waals surface area contributed by atoms with Crippen LogP contribution in [0.4, 0.5) is 0 Å². The van der Waals surface area contributed by atoms with Gasteiger partial charge in [-0.25, -0.2) is 4.98 Å². The average Bonchev–Trinajstić information content (AvgIpc) is 3.22. The van der Waals surface area contributed by atoms with Crippen molar-refractivity contribution in [2.24, 2.45) is 0 Å². The van der Waals surface area contributed by atoms with Gasteiger partial charge in [-0.1, -0.05) is 54.7 Å². The van der Waals surface area contributed by atoms with E-state index in [-0.39, 0.29) is 0 Å². The predicted octanol–water partition coefficient (Wildman–Crippen LogP) is 3.91. The Bertz CT molecular complexity index is 998. The normalized spacial score (nSPS) is 19.2. The summed E-state index contributed by atoms with van der Waals surface area (Å²) >= 11 is 5.82. The van der Waals surface area contributed by atoms with Crippen LogP contribution in [0.2, 0.25) is 0 Å². The molecule has 1 aromatic carbocycles. The summed E-state index contributed by atoms with van der Waals surface area (Å²) in [7, 11) is 1.89. The van der Waals surface area contributed by atoms with Crippen LogP contribution < -0.4 is 10.8 Å². The van der Waals surface area contributed by atoms with Gasteiger partial charge >= 0.3 is 0 Å². The lowest BCUT2D eigenvalue weighted by atomic mass is 9.71. The molecule has 144 valence electrons. The van der Waals surface area contributed by atoms with E-state index >= 15 is 0 Å². The van der Waals surface area contributed by atoms with E-state index in [9.17, 15) is 0 Å². The molecule has 2 N–H and O–H groups in total. The molecule has 0 fully saturated rings. The summed E-state index contributed by atoms with van der Waals surface area (Å²) in [6, 6.07) is 14.3. The lowest BCUT2D eigenvalue weighted by Crippen LogP contribution is -2.48. The van der Waals surface area contributed by atoms with Gasteiger partial charge in [0, 0.05) is 25.6 Å². The van der Waals surface area contributed by atoms with Crippen molar-refractivity contribution in [3.05, 3.63) is 84.0 Å². The number of likely N-dealkylation sites (N-methyl/N-ethyl adjacent to an activating group) is 1. The van der Waals surface area contributed by atoms with Crippen LogP contribution in [-0.2, 0) is 16.9 Å². The molecule has 2 heterocycles. The third-order valence-electron chi connectivity index (χ3n) is 5.32. The highest BCUT2D eigenvalue weighted by molar-refractivity contribution is 7.80. The van der Waals surface area contributed by atoms with Gasteiger partial charge in [0.25, 0.3) is 0 Å². The van der Waals surface area contributed by atoms with Crippen molar-refractivity contribution < 1.29 is 4.84 Å². The van der Waals surface area contributed by atoms with Crippen molar-refractivity contribution in [3.63, 3.8) is 0 Å². The second kappa shape index (κ2) is 8.12. The molecule has 1 atom stereocenters. The third-order valence-corrected chi connectivity index (χ3v) is 5.88.